The Morgan fingerprint density at radius 3 is 2.38 bits per heavy atom. The van der Waals surface area contributed by atoms with Crippen molar-refractivity contribution in [3.05, 3.63) is 54.3 Å². The van der Waals surface area contributed by atoms with Crippen molar-refractivity contribution in [3.8, 4) is 0 Å². The van der Waals surface area contributed by atoms with Crippen LogP contribution >= 0.6 is 0 Å². The molecule has 0 aliphatic carbocycles. The number of para-hydroxylation sites is 1. The van der Waals surface area contributed by atoms with E-state index in [1.54, 1.807) is 36.4 Å². The number of nitrogen functional groups attached to an aromatic ring is 1. The van der Waals surface area contributed by atoms with E-state index in [2.05, 4.69) is 30.9 Å². The van der Waals surface area contributed by atoms with Crippen LogP contribution in [0.3, 0.4) is 0 Å². The summed E-state index contributed by atoms with van der Waals surface area (Å²) in [5.74, 6) is 0.198. The largest absolute Gasteiger partial charge is 0.399 e. The second-order valence-corrected chi connectivity index (χ2v) is 5.31. The van der Waals surface area contributed by atoms with E-state index in [0.29, 0.717) is 11.4 Å². The number of nitrogens with zero attached hydrogens (tertiary/aromatic N) is 3. The molecule has 134 valence electrons. The Balaban J connectivity index is 1.89. The summed E-state index contributed by atoms with van der Waals surface area (Å²) < 4.78 is 13.9. The first-order chi connectivity index (χ1) is 12.6. The number of halogens is 1. The Morgan fingerprint density at radius 1 is 0.923 bits per heavy atom. The smallest absolute Gasteiger partial charge is 0.233 e. The minimum Gasteiger partial charge on any atom is -0.399 e. The highest BCUT2D eigenvalue weighted by Crippen LogP contribution is 2.21. The van der Waals surface area contributed by atoms with Crippen LogP contribution in [0, 0.1) is 5.82 Å². The monoisotopic (exact) mass is 355 g/mol. The van der Waals surface area contributed by atoms with Crippen molar-refractivity contribution in [2.75, 3.05) is 34.8 Å². The fraction of sp³-hybridized carbons (Fsp3) is 0.118. The number of hydrogen-bond acceptors (Lipinski definition) is 8. The molecule has 26 heavy (non-hydrogen) atoms. The van der Waals surface area contributed by atoms with Crippen LogP contribution in [0.1, 0.15) is 0 Å². The first-order valence-electron chi connectivity index (χ1n) is 7.89. The molecular formula is C17H18FN7O. The Bertz CT molecular complexity index is 890. The van der Waals surface area contributed by atoms with Gasteiger partial charge in [0.1, 0.15) is 5.82 Å². The summed E-state index contributed by atoms with van der Waals surface area (Å²) in [7, 11) is 0. The number of aromatic nitrogens is 3. The van der Waals surface area contributed by atoms with Gasteiger partial charge in [-0.2, -0.15) is 15.0 Å². The zero-order valence-corrected chi connectivity index (χ0v) is 13.8. The molecule has 0 bridgehead atoms. The molecule has 0 aliphatic rings. The van der Waals surface area contributed by atoms with Gasteiger partial charge in [0.15, 0.2) is 0 Å². The van der Waals surface area contributed by atoms with Gasteiger partial charge in [-0.05, 0) is 30.3 Å². The highest BCUT2D eigenvalue weighted by Gasteiger charge is 2.09. The zero-order chi connectivity index (χ0) is 18.4. The Kier molecular flexibility index (Phi) is 5.40. The first kappa shape index (κ1) is 17.4. The third-order valence-electron chi connectivity index (χ3n) is 3.29. The van der Waals surface area contributed by atoms with Crippen LogP contribution in [0.2, 0.25) is 0 Å². The van der Waals surface area contributed by atoms with Crippen molar-refractivity contribution in [2.45, 2.75) is 0 Å². The van der Waals surface area contributed by atoms with E-state index < -0.39 is 5.82 Å². The second kappa shape index (κ2) is 8.08. The summed E-state index contributed by atoms with van der Waals surface area (Å²) in [5, 5.41) is 17.7. The fourth-order valence-electron chi connectivity index (χ4n) is 2.16. The average molecular weight is 355 g/mol. The van der Waals surface area contributed by atoms with E-state index in [1.807, 2.05) is 6.07 Å². The molecule has 3 aromatic rings. The maximum Gasteiger partial charge on any atom is 0.233 e. The van der Waals surface area contributed by atoms with E-state index in [0.717, 1.165) is 0 Å². The maximum absolute atomic E-state index is 13.9. The van der Waals surface area contributed by atoms with Crippen molar-refractivity contribution >= 4 is 34.9 Å². The van der Waals surface area contributed by atoms with Crippen LogP contribution in [0.4, 0.5) is 39.3 Å². The van der Waals surface area contributed by atoms with Crippen molar-refractivity contribution in [2.24, 2.45) is 0 Å². The Hall–Kier alpha value is -3.46. The number of benzene rings is 2. The minimum atomic E-state index is -0.428. The number of aliphatic hydroxyl groups excluding tert-OH is 1. The van der Waals surface area contributed by atoms with Gasteiger partial charge in [-0.25, -0.2) is 4.39 Å². The van der Waals surface area contributed by atoms with Crippen molar-refractivity contribution < 1.29 is 9.50 Å². The Labute approximate surface area is 149 Å². The Morgan fingerprint density at radius 2 is 1.65 bits per heavy atom. The van der Waals surface area contributed by atoms with Gasteiger partial charge < -0.3 is 26.8 Å². The average Bonchev–Trinajstić information content (AvgIpc) is 2.62. The quantitative estimate of drug-likeness (QED) is 0.410. The number of anilines is 6. The van der Waals surface area contributed by atoms with Crippen molar-refractivity contribution in [3.63, 3.8) is 0 Å². The molecule has 0 saturated heterocycles. The molecule has 8 nitrogen and oxygen atoms in total. The lowest BCUT2D eigenvalue weighted by Gasteiger charge is -2.11. The van der Waals surface area contributed by atoms with E-state index in [4.69, 9.17) is 10.8 Å². The molecule has 9 heteroatoms. The lowest BCUT2D eigenvalue weighted by molar-refractivity contribution is 0.311. The molecule has 0 amide bonds. The van der Waals surface area contributed by atoms with E-state index >= 15 is 0 Å². The zero-order valence-electron chi connectivity index (χ0n) is 13.8. The van der Waals surface area contributed by atoms with Crippen molar-refractivity contribution in [1.29, 1.82) is 0 Å². The van der Waals surface area contributed by atoms with Crippen molar-refractivity contribution in [1.82, 2.24) is 15.0 Å². The molecule has 1 aromatic heterocycles. The molecule has 0 atom stereocenters. The SMILES string of the molecule is Nc1cccc(Nc2nc(NCCO)nc(Nc3ccccc3F)n2)c1. The van der Waals surface area contributed by atoms with Crippen LogP contribution in [0.5, 0.6) is 0 Å². The van der Waals surface area contributed by atoms with Gasteiger partial charge in [0.05, 0.1) is 12.3 Å². The lowest BCUT2D eigenvalue weighted by atomic mass is 10.3. The highest BCUT2D eigenvalue weighted by atomic mass is 19.1. The van der Waals surface area contributed by atoms with E-state index in [9.17, 15) is 4.39 Å². The van der Waals surface area contributed by atoms with Gasteiger partial charge >= 0.3 is 0 Å². The predicted molar refractivity (Wildman–Crippen MR) is 99.2 cm³/mol. The summed E-state index contributed by atoms with van der Waals surface area (Å²) in [5.41, 5.74) is 7.29. The van der Waals surface area contributed by atoms with Gasteiger partial charge in [0.25, 0.3) is 0 Å². The van der Waals surface area contributed by atoms with Crippen LogP contribution in [0.25, 0.3) is 0 Å². The van der Waals surface area contributed by atoms with E-state index in [1.165, 1.54) is 6.07 Å². The number of nitrogens with one attached hydrogen (secondary N) is 3. The molecule has 2 aromatic carbocycles. The number of nitrogens with two attached hydrogens (primary N) is 1. The molecule has 0 aliphatic heterocycles. The summed E-state index contributed by atoms with van der Waals surface area (Å²) in [6.45, 7) is 0.181. The maximum atomic E-state index is 13.9. The molecule has 6 N–H and O–H groups in total. The minimum absolute atomic E-state index is 0.0836. The fourth-order valence-corrected chi connectivity index (χ4v) is 2.16. The molecular weight excluding hydrogens is 337 g/mol. The molecule has 0 spiro atoms. The molecule has 0 fully saturated rings. The van der Waals surface area contributed by atoms with Crippen LogP contribution in [0.15, 0.2) is 48.5 Å². The molecule has 0 unspecified atom stereocenters. The first-order valence-corrected chi connectivity index (χ1v) is 7.89. The normalized spacial score (nSPS) is 10.4. The predicted octanol–water partition coefficient (Wildman–Crippen LogP) is 2.48. The summed E-state index contributed by atoms with van der Waals surface area (Å²) in [4.78, 5) is 12.7. The summed E-state index contributed by atoms with van der Waals surface area (Å²) >= 11 is 0. The number of aliphatic hydroxyl groups is 1. The van der Waals surface area contributed by atoms with Gasteiger partial charge in [0, 0.05) is 17.9 Å². The summed E-state index contributed by atoms with van der Waals surface area (Å²) in [6, 6.07) is 13.3. The van der Waals surface area contributed by atoms with Gasteiger partial charge in [-0.1, -0.05) is 18.2 Å². The van der Waals surface area contributed by atoms with Gasteiger partial charge in [-0.15, -0.1) is 0 Å². The third-order valence-corrected chi connectivity index (χ3v) is 3.29. The topological polar surface area (TPSA) is 121 Å². The molecule has 1 heterocycles. The molecule has 0 saturated carbocycles. The molecule has 3 rings (SSSR count). The van der Waals surface area contributed by atoms with Crippen LogP contribution in [-0.4, -0.2) is 33.2 Å². The van der Waals surface area contributed by atoms with Crippen LogP contribution < -0.4 is 21.7 Å². The van der Waals surface area contributed by atoms with Gasteiger partial charge in [0.2, 0.25) is 17.8 Å². The lowest BCUT2D eigenvalue weighted by Crippen LogP contribution is -2.12. The molecule has 0 radical (unpaired) electrons. The van der Waals surface area contributed by atoms with Crippen LogP contribution in [-0.2, 0) is 0 Å². The number of hydrogen-bond donors (Lipinski definition) is 5. The second-order valence-electron chi connectivity index (χ2n) is 5.31. The third kappa shape index (κ3) is 4.54. The van der Waals surface area contributed by atoms with E-state index in [-0.39, 0.29) is 36.7 Å². The van der Waals surface area contributed by atoms with Gasteiger partial charge in [-0.3, -0.25) is 0 Å². The standard InChI is InChI=1S/C17H18FN7O/c18-13-6-1-2-7-14(13)22-17-24-15(20-8-9-26)23-16(25-17)21-12-5-3-4-11(19)10-12/h1-7,10,26H,8-9,19H2,(H3,20,21,22,23,24,25). The number of rotatable bonds is 7. The highest BCUT2D eigenvalue weighted by molar-refractivity contribution is 5.62. The summed E-state index contributed by atoms with van der Waals surface area (Å²) in [6.07, 6.45) is 0.